The van der Waals surface area contributed by atoms with E-state index in [1.165, 1.54) is 11.3 Å². The Hall–Kier alpha value is -1.18. The van der Waals surface area contributed by atoms with E-state index in [2.05, 4.69) is 42.7 Å². The van der Waals surface area contributed by atoms with Gasteiger partial charge in [0, 0.05) is 10.0 Å². The first-order valence-electron chi connectivity index (χ1n) is 5.18. The van der Waals surface area contributed by atoms with Crippen molar-refractivity contribution in [3.63, 3.8) is 0 Å². The molecule has 4 nitrogen and oxygen atoms in total. The zero-order chi connectivity index (χ0) is 13.8. The quantitative estimate of drug-likeness (QED) is 0.755. The number of amides is 2. The lowest BCUT2D eigenvalue weighted by atomic mass is 10.2. The molecule has 7 heteroatoms. The van der Waals surface area contributed by atoms with Gasteiger partial charge >= 0.3 is 0 Å². The van der Waals surface area contributed by atoms with E-state index >= 15 is 0 Å². The van der Waals surface area contributed by atoms with Crippen LogP contribution in [0.5, 0.6) is 0 Å². The van der Waals surface area contributed by atoms with Gasteiger partial charge in [0.05, 0.1) is 8.66 Å². The molecule has 0 aliphatic rings. The minimum absolute atomic E-state index is 0.348. The van der Waals surface area contributed by atoms with Crippen LogP contribution < -0.4 is 10.9 Å². The third-order valence-electron chi connectivity index (χ3n) is 2.17. The van der Waals surface area contributed by atoms with Gasteiger partial charge in [-0.05, 0) is 46.3 Å². The van der Waals surface area contributed by atoms with Crippen molar-refractivity contribution in [2.45, 2.75) is 0 Å². The molecule has 0 atom stereocenters. The van der Waals surface area contributed by atoms with Crippen LogP contribution in [0, 0.1) is 0 Å². The first kappa shape index (κ1) is 14.2. The normalized spacial score (nSPS) is 10.0. The van der Waals surface area contributed by atoms with Crippen molar-refractivity contribution in [2.24, 2.45) is 0 Å². The van der Waals surface area contributed by atoms with E-state index in [-0.39, 0.29) is 11.8 Å². The van der Waals surface area contributed by atoms with Gasteiger partial charge in [-0.3, -0.25) is 20.4 Å². The molecule has 1 aromatic heterocycles. The Morgan fingerprint density at radius 3 is 2.37 bits per heavy atom. The van der Waals surface area contributed by atoms with E-state index in [0.717, 1.165) is 8.26 Å². The number of thiophene rings is 1. The maximum absolute atomic E-state index is 11.8. The maximum atomic E-state index is 11.8. The predicted octanol–water partition coefficient (Wildman–Crippen LogP) is 3.35. The van der Waals surface area contributed by atoms with E-state index in [1.54, 1.807) is 30.3 Å². The molecular formula is C12H8Br2N2O2S. The average molecular weight is 404 g/mol. The lowest BCUT2D eigenvalue weighted by Crippen LogP contribution is -2.41. The fraction of sp³-hybridized carbons (Fsp3) is 0. The standard InChI is InChI=1S/C12H8Br2N2O2S/c13-8-3-1-2-7(6-8)11(17)15-16-12(18)9-4-5-10(14)19-9/h1-6H,(H,15,17)(H,16,18). The van der Waals surface area contributed by atoms with Gasteiger partial charge in [-0.2, -0.15) is 0 Å². The molecular weight excluding hydrogens is 396 g/mol. The number of halogens is 2. The number of benzene rings is 1. The molecule has 2 N–H and O–H groups in total. The van der Waals surface area contributed by atoms with Crippen molar-refractivity contribution >= 4 is 55.0 Å². The lowest BCUT2D eigenvalue weighted by molar-refractivity contribution is 0.0849. The van der Waals surface area contributed by atoms with Gasteiger partial charge in [0.15, 0.2) is 0 Å². The van der Waals surface area contributed by atoms with Crippen molar-refractivity contribution in [3.8, 4) is 0 Å². The second-order valence-electron chi connectivity index (χ2n) is 3.52. The van der Waals surface area contributed by atoms with Gasteiger partial charge in [-0.25, -0.2) is 0 Å². The predicted molar refractivity (Wildman–Crippen MR) is 81.1 cm³/mol. The van der Waals surface area contributed by atoms with Crippen molar-refractivity contribution in [1.82, 2.24) is 10.9 Å². The Morgan fingerprint density at radius 2 is 1.74 bits per heavy atom. The van der Waals surface area contributed by atoms with Gasteiger partial charge in [-0.1, -0.05) is 22.0 Å². The minimum Gasteiger partial charge on any atom is -0.267 e. The van der Waals surface area contributed by atoms with Crippen LogP contribution in [-0.2, 0) is 0 Å². The summed E-state index contributed by atoms with van der Waals surface area (Å²) in [5.74, 6) is -0.718. The highest BCUT2D eigenvalue weighted by molar-refractivity contribution is 9.11. The lowest BCUT2D eigenvalue weighted by Gasteiger charge is -2.06. The fourth-order valence-electron chi connectivity index (χ4n) is 1.31. The second-order valence-corrected chi connectivity index (χ2v) is 6.90. The largest absolute Gasteiger partial charge is 0.279 e. The Balaban J connectivity index is 1.95. The SMILES string of the molecule is O=C(NNC(=O)c1ccc(Br)s1)c1cccc(Br)c1. The fourth-order valence-corrected chi connectivity index (χ4v) is 2.99. The molecule has 19 heavy (non-hydrogen) atoms. The van der Waals surface area contributed by atoms with Crippen LogP contribution in [0.15, 0.2) is 44.7 Å². The molecule has 0 saturated heterocycles. The number of nitrogens with one attached hydrogen (secondary N) is 2. The maximum Gasteiger partial charge on any atom is 0.279 e. The van der Waals surface area contributed by atoms with Crippen LogP contribution in [0.3, 0.4) is 0 Å². The summed E-state index contributed by atoms with van der Waals surface area (Å²) in [5, 5.41) is 0. The van der Waals surface area contributed by atoms with E-state index in [1.807, 2.05) is 6.07 Å². The van der Waals surface area contributed by atoms with E-state index in [9.17, 15) is 9.59 Å². The first-order valence-corrected chi connectivity index (χ1v) is 7.58. The molecule has 98 valence electrons. The van der Waals surface area contributed by atoms with Gasteiger partial charge in [0.1, 0.15) is 0 Å². The Kier molecular flexibility index (Phi) is 4.73. The first-order chi connectivity index (χ1) is 9.06. The summed E-state index contributed by atoms with van der Waals surface area (Å²) in [6.07, 6.45) is 0. The molecule has 0 saturated carbocycles. The van der Waals surface area contributed by atoms with Crippen LogP contribution >= 0.6 is 43.2 Å². The number of carbonyl (C=O) groups excluding carboxylic acids is 2. The molecule has 2 rings (SSSR count). The van der Waals surface area contributed by atoms with Crippen molar-refractivity contribution in [3.05, 3.63) is 55.1 Å². The van der Waals surface area contributed by atoms with Crippen LogP contribution in [0.2, 0.25) is 0 Å². The molecule has 0 spiro atoms. The summed E-state index contributed by atoms with van der Waals surface area (Å²) < 4.78 is 1.66. The smallest absolute Gasteiger partial charge is 0.267 e. The number of hydrazine groups is 1. The topological polar surface area (TPSA) is 58.2 Å². The molecule has 2 amide bonds. The summed E-state index contributed by atoms with van der Waals surface area (Å²) in [4.78, 5) is 24.0. The van der Waals surface area contributed by atoms with Gasteiger partial charge in [0.25, 0.3) is 11.8 Å². The molecule has 2 aromatic rings. The van der Waals surface area contributed by atoms with Crippen LogP contribution in [-0.4, -0.2) is 11.8 Å². The summed E-state index contributed by atoms with van der Waals surface area (Å²) in [6.45, 7) is 0. The van der Waals surface area contributed by atoms with Crippen molar-refractivity contribution in [2.75, 3.05) is 0 Å². The molecule has 1 aromatic carbocycles. The zero-order valence-corrected chi connectivity index (χ0v) is 13.4. The van der Waals surface area contributed by atoms with E-state index < -0.39 is 0 Å². The van der Waals surface area contributed by atoms with Gasteiger partial charge in [0.2, 0.25) is 0 Å². The molecule has 0 unspecified atom stereocenters. The third-order valence-corrected chi connectivity index (χ3v) is 4.29. The highest BCUT2D eigenvalue weighted by Gasteiger charge is 2.10. The van der Waals surface area contributed by atoms with Crippen molar-refractivity contribution in [1.29, 1.82) is 0 Å². The summed E-state index contributed by atoms with van der Waals surface area (Å²) in [7, 11) is 0. The Morgan fingerprint density at radius 1 is 1.00 bits per heavy atom. The Labute approximate surface area is 130 Å². The number of hydrogen-bond donors (Lipinski definition) is 2. The molecule has 0 radical (unpaired) electrons. The minimum atomic E-state index is -0.370. The van der Waals surface area contributed by atoms with Crippen LogP contribution in [0.4, 0.5) is 0 Å². The highest BCUT2D eigenvalue weighted by Crippen LogP contribution is 2.21. The summed E-state index contributed by atoms with van der Waals surface area (Å²) in [5.41, 5.74) is 5.19. The number of carbonyl (C=O) groups is 2. The van der Waals surface area contributed by atoms with Gasteiger partial charge < -0.3 is 0 Å². The molecule has 0 aliphatic heterocycles. The van der Waals surface area contributed by atoms with Crippen LogP contribution in [0.1, 0.15) is 20.0 Å². The summed E-state index contributed by atoms with van der Waals surface area (Å²) >= 11 is 7.84. The number of rotatable bonds is 2. The van der Waals surface area contributed by atoms with Crippen molar-refractivity contribution < 1.29 is 9.59 Å². The molecule has 1 heterocycles. The highest BCUT2D eigenvalue weighted by atomic mass is 79.9. The molecule has 0 bridgehead atoms. The summed E-state index contributed by atoms with van der Waals surface area (Å²) in [6, 6.07) is 10.3. The van der Waals surface area contributed by atoms with E-state index in [0.29, 0.717) is 10.4 Å². The van der Waals surface area contributed by atoms with E-state index in [4.69, 9.17) is 0 Å². The monoisotopic (exact) mass is 402 g/mol. The average Bonchev–Trinajstić information content (AvgIpc) is 2.82. The number of hydrogen-bond acceptors (Lipinski definition) is 3. The van der Waals surface area contributed by atoms with Crippen LogP contribution in [0.25, 0.3) is 0 Å². The second kappa shape index (κ2) is 6.31. The third kappa shape index (κ3) is 3.89. The Bertz CT molecular complexity index is 628. The van der Waals surface area contributed by atoms with Gasteiger partial charge in [-0.15, -0.1) is 11.3 Å². The molecule has 0 aliphatic carbocycles. The zero-order valence-electron chi connectivity index (χ0n) is 9.44. The molecule has 0 fully saturated rings.